The first-order chi connectivity index (χ1) is 9.19. The molecule has 0 amide bonds. The van der Waals surface area contributed by atoms with Crippen molar-refractivity contribution in [1.82, 2.24) is 5.32 Å². The summed E-state index contributed by atoms with van der Waals surface area (Å²) in [5, 5.41) is 3.25. The molecule has 1 aromatic carbocycles. The van der Waals surface area contributed by atoms with Gasteiger partial charge in [-0.1, -0.05) is 29.3 Å². The van der Waals surface area contributed by atoms with Crippen LogP contribution in [0.4, 0.5) is 0 Å². The fraction of sp³-hybridized carbons (Fsp3) is 0.231. The van der Waals surface area contributed by atoms with Crippen LogP contribution < -0.4 is 14.8 Å². The Morgan fingerprint density at radius 1 is 1.21 bits per heavy atom. The fourth-order valence-corrected chi connectivity index (χ4v) is 3.68. The molecule has 1 aliphatic rings. The minimum absolute atomic E-state index is 0.0225. The highest BCUT2D eigenvalue weighted by molar-refractivity contribution is 7.20. The number of halogens is 2. The number of rotatable bonds is 3. The van der Waals surface area contributed by atoms with Crippen LogP contribution in [0.5, 0.6) is 11.5 Å². The Morgan fingerprint density at radius 3 is 2.68 bits per heavy atom. The molecule has 1 atom stereocenters. The minimum Gasteiger partial charge on any atom is -0.454 e. The van der Waals surface area contributed by atoms with Crippen LogP contribution in [0.3, 0.4) is 0 Å². The van der Waals surface area contributed by atoms with Crippen LogP contribution in [0.25, 0.3) is 0 Å². The predicted octanol–water partition coefficient (Wildman–Crippen LogP) is 4.09. The lowest BCUT2D eigenvalue weighted by molar-refractivity contribution is 0.174. The SMILES string of the molecule is CNC(c1ccc2c(c1)OCO2)c1cc(Cl)sc1Cl. The third-order valence-electron chi connectivity index (χ3n) is 3.01. The van der Waals surface area contributed by atoms with E-state index in [4.69, 9.17) is 32.7 Å². The number of nitrogens with one attached hydrogen (secondary N) is 1. The highest BCUT2D eigenvalue weighted by Gasteiger charge is 2.21. The second-order valence-corrected chi connectivity index (χ2v) is 6.40. The Morgan fingerprint density at radius 2 is 2.00 bits per heavy atom. The van der Waals surface area contributed by atoms with E-state index in [-0.39, 0.29) is 12.8 Å². The molecular weight excluding hydrogens is 305 g/mol. The second kappa shape index (κ2) is 5.21. The second-order valence-electron chi connectivity index (χ2n) is 4.11. The lowest BCUT2D eigenvalue weighted by Crippen LogP contribution is -2.17. The summed E-state index contributed by atoms with van der Waals surface area (Å²) < 4.78 is 12.1. The van der Waals surface area contributed by atoms with E-state index >= 15 is 0 Å². The van der Waals surface area contributed by atoms with Gasteiger partial charge in [0.1, 0.15) is 0 Å². The molecule has 1 aliphatic heterocycles. The minimum atomic E-state index is -0.0225. The fourth-order valence-electron chi connectivity index (χ4n) is 2.14. The molecule has 3 rings (SSSR count). The van der Waals surface area contributed by atoms with Crippen molar-refractivity contribution in [2.75, 3.05) is 13.8 Å². The van der Waals surface area contributed by atoms with Crippen LogP contribution in [-0.4, -0.2) is 13.8 Å². The Balaban J connectivity index is 2.00. The molecule has 19 heavy (non-hydrogen) atoms. The summed E-state index contributed by atoms with van der Waals surface area (Å²) in [6, 6.07) is 7.73. The van der Waals surface area contributed by atoms with Crippen molar-refractivity contribution in [3.63, 3.8) is 0 Å². The maximum atomic E-state index is 6.22. The van der Waals surface area contributed by atoms with Crippen LogP contribution in [0.15, 0.2) is 24.3 Å². The predicted molar refractivity (Wildman–Crippen MR) is 77.8 cm³/mol. The summed E-state index contributed by atoms with van der Waals surface area (Å²) in [5.74, 6) is 1.53. The van der Waals surface area contributed by atoms with Gasteiger partial charge in [-0.2, -0.15) is 0 Å². The maximum Gasteiger partial charge on any atom is 0.231 e. The average molecular weight is 316 g/mol. The zero-order valence-electron chi connectivity index (χ0n) is 10.1. The van der Waals surface area contributed by atoms with Crippen molar-refractivity contribution in [3.05, 3.63) is 44.1 Å². The van der Waals surface area contributed by atoms with E-state index in [2.05, 4.69) is 5.32 Å². The van der Waals surface area contributed by atoms with Crippen molar-refractivity contribution in [3.8, 4) is 11.5 Å². The van der Waals surface area contributed by atoms with E-state index in [9.17, 15) is 0 Å². The molecule has 6 heteroatoms. The molecular formula is C13H11Cl2NO2S. The zero-order chi connectivity index (χ0) is 13.4. The van der Waals surface area contributed by atoms with Gasteiger partial charge in [0.25, 0.3) is 0 Å². The van der Waals surface area contributed by atoms with Crippen LogP contribution in [-0.2, 0) is 0 Å². The van der Waals surface area contributed by atoms with Gasteiger partial charge in [-0.3, -0.25) is 0 Å². The lowest BCUT2D eigenvalue weighted by atomic mass is 10.0. The smallest absolute Gasteiger partial charge is 0.231 e. The van der Waals surface area contributed by atoms with E-state index in [1.54, 1.807) is 0 Å². The molecule has 1 N–H and O–H groups in total. The molecule has 0 saturated carbocycles. The van der Waals surface area contributed by atoms with Crippen molar-refractivity contribution in [2.45, 2.75) is 6.04 Å². The van der Waals surface area contributed by atoms with Gasteiger partial charge in [-0.15, -0.1) is 11.3 Å². The maximum absolute atomic E-state index is 6.22. The number of thiophene rings is 1. The lowest BCUT2D eigenvalue weighted by Gasteiger charge is -2.16. The van der Waals surface area contributed by atoms with E-state index < -0.39 is 0 Å². The molecule has 0 spiro atoms. The highest BCUT2D eigenvalue weighted by Crippen LogP contribution is 2.40. The molecule has 2 aromatic rings. The third kappa shape index (κ3) is 2.41. The molecule has 2 heterocycles. The highest BCUT2D eigenvalue weighted by atomic mass is 35.5. The van der Waals surface area contributed by atoms with Crippen LogP contribution in [0.1, 0.15) is 17.2 Å². The van der Waals surface area contributed by atoms with Gasteiger partial charge in [0.05, 0.1) is 14.7 Å². The standard InChI is InChI=1S/C13H11Cl2NO2S/c1-16-12(8-5-11(14)19-13(8)15)7-2-3-9-10(4-7)18-6-17-9/h2-5,12,16H,6H2,1H3. The van der Waals surface area contributed by atoms with Gasteiger partial charge in [0, 0.05) is 5.56 Å². The first-order valence-corrected chi connectivity index (χ1v) is 7.28. The molecule has 0 radical (unpaired) electrons. The zero-order valence-corrected chi connectivity index (χ0v) is 12.4. The van der Waals surface area contributed by atoms with E-state index in [1.165, 1.54) is 11.3 Å². The Kier molecular flexibility index (Phi) is 3.58. The van der Waals surface area contributed by atoms with Crippen molar-refractivity contribution < 1.29 is 9.47 Å². The number of fused-ring (bicyclic) bond motifs is 1. The van der Waals surface area contributed by atoms with Gasteiger partial charge in [-0.25, -0.2) is 0 Å². The Labute approximate surface area is 125 Å². The summed E-state index contributed by atoms with van der Waals surface area (Å²) in [4.78, 5) is 0. The monoisotopic (exact) mass is 315 g/mol. The van der Waals surface area contributed by atoms with Gasteiger partial charge >= 0.3 is 0 Å². The van der Waals surface area contributed by atoms with Crippen molar-refractivity contribution in [2.24, 2.45) is 0 Å². The Bertz CT molecular complexity index is 615. The number of hydrogen-bond acceptors (Lipinski definition) is 4. The van der Waals surface area contributed by atoms with E-state index in [1.807, 2.05) is 31.3 Å². The van der Waals surface area contributed by atoms with Gasteiger partial charge in [-0.05, 0) is 30.8 Å². The van der Waals surface area contributed by atoms with Gasteiger partial charge in [0.15, 0.2) is 11.5 Å². The molecule has 3 nitrogen and oxygen atoms in total. The first-order valence-electron chi connectivity index (χ1n) is 5.70. The topological polar surface area (TPSA) is 30.5 Å². The number of ether oxygens (including phenoxy) is 2. The largest absolute Gasteiger partial charge is 0.454 e. The molecule has 0 bridgehead atoms. The van der Waals surface area contributed by atoms with Crippen molar-refractivity contribution >= 4 is 34.5 Å². The average Bonchev–Trinajstić information content (AvgIpc) is 2.97. The van der Waals surface area contributed by atoms with Crippen LogP contribution in [0, 0.1) is 0 Å². The summed E-state index contributed by atoms with van der Waals surface area (Å²) in [7, 11) is 1.89. The quantitative estimate of drug-likeness (QED) is 0.925. The normalized spacial score (nSPS) is 14.7. The van der Waals surface area contributed by atoms with E-state index in [0.717, 1.165) is 22.6 Å². The van der Waals surface area contributed by atoms with Crippen LogP contribution in [0.2, 0.25) is 8.67 Å². The van der Waals surface area contributed by atoms with Gasteiger partial charge < -0.3 is 14.8 Å². The van der Waals surface area contributed by atoms with Gasteiger partial charge in [0.2, 0.25) is 6.79 Å². The first kappa shape index (κ1) is 13.1. The Hall–Kier alpha value is -0.940. The molecule has 0 saturated heterocycles. The molecule has 0 fully saturated rings. The van der Waals surface area contributed by atoms with Crippen molar-refractivity contribution in [1.29, 1.82) is 0 Å². The summed E-state index contributed by atoms with van der Waals surface area (Å²) in [6.07, 6.45) is 0. The van der Waals surface area contributed by atoms with Crippen LogP contribution >= 0.6 is 34.5 Å². The summed E-state index contributed by atoms with van der Waals surface area (Å²) >= 11 is 13.6. The third-order valence-corrected chi connectivity index (χ3v) is 4.53. The molecule has 1 unspecified atom stereocenters. The molecule has 100 valence electrons. The summed E-state index contributed by atoms with van der Waals surface area (Å²) in [5.41, 5.74) is 2.03. The molecule has 1 aromatic heterocycles. The number of benzene rings is 1. The van der Waals surface area contributed by atoms with E-state index in [0.29, 0.717) is 8.67 Å². The number of hydrogen-bond donors (Lipinski definition) is 1. The molecule has 0 aliphatic carbocycles. The summed E-state index contributed by atoms with van der Waals surface area (Å²) in [6.45, 7) is 0.272.